The summed E-state index contributed by atoms with van der Waals surface area (Å²) in [4.78, 5) is 33.7. The van der Waals surface area contributed by atoms with Crippen LogP contribution in [0.3, 0.4) is 0 Å². The van der Waals surface area contributed by atoms with Crippen molar-refractivity contribution in [3.05, 3.63) is 0 Å². The lowest BCUT2D eigenvalue weighted by molar-refractivity contribution is -0.139. The second kappa shape index (κ2) is 9.76. The molecule has 0 aliphatic heterocycles. The average Bonchev–Trinajstić information content (AvgIpc) is 2.34. The topological polar surface area (TPSA) is 92.7 Å². The Bertz CT molecular complexity index is 365. The van der Waals surface area contributed by atoms with E-state index in [1.54, 1.807) is 20.8 Å². The molecule has 0 spiro atoms. The summed E-state index contributed by atoms with van der Waals surface area (Å²) in [7, 11) is 0. The first-order valence-electron chi connectivity index (χ1n) is 6.95. The molecule has 6 nitrogen and oxygen atoms in total. The molecule has 1 amide bonds. The highest BCUT2D eigenvalue weighted by Gasteiger charge is 2.23. The number of unbranched alkanes of at least 4 members (excludes halogenated alkanes) is 2. The van der Waals surface area contributed by atoms with Gasteiger partial charge in [0.05, 0.1) is 5.33 Å². The number of nitrogens with one attached hydrogen (secondary N) is 1. The maximum absolute atomic E-state index is 11.5. The van der Waals surface area contributed by atoms with E-state index in [0.717, 1.165) is 12.8 Å². The van der Waals surface area contributed by atoms with Gasteiger partial charge in [-0.05, 0) is 33.6 Å². The lowest BCUT2D eigenvalue weighted by Crippen LogP contribution is -2.43. The number of ketones is 1. The number of carboxylic acid groups (broad SMARTS) is 1. The molecule has 0 heterocycles. The van der Waals surface area contributed by atoms with Crippen molar-refractivity contribution >= 4 is 33.8 Å². The number of halogens is 1. The number of alkyl carbamates (subject to hydrolysis) is 1. The summed E-state index contributed by atoms with van der Waals surface area (Å²) in [6.07, 6.45) is 2.17. The van der Waals surface area contributed by atoms with Gasteiger partial charge in [0.15, 0.2) is 0 Å². The van der Waals surface area contributed by atoms with Crippen LogP contribution >= 0.6 is 15.9 Å². The molecule has 0 radical (unpaired) electrons. The van der Waals surface area contributed by atoms with E-state index in [9.17, 15) is 14.4 Å². The zero-order valence-corrected chi connectivity index (χ0v) is 14.4. The van der Waals surface area contributed by atoms with Crippen LogP contribution in [0.2, 0.25) is 0 Å². The Morgan fingerprint density at radius 1 is 1.19 bits per heavy atom. The Morgan fingerprint density at radius 3 is 2.29 bits per heavy atom. The van der Waals surface area contributed by atoms with Crippen molar-refractivity contribution in [1.29, 1.82) is 0 Å². The molecule has 0 unspecified atom stereocenters. The second-order valence-electron chi connectivity index (χ2n) is 5.81. The Morgan fingerprint density at radius 2 is 1.81 bits per heavy atom. The van der Waals surface area contributed by atoms with Crippen LogP contribution in [0.5, 0.6) is 0 Å². The number of carbonyl (C=O) groups is 3. The molecule has 7 heteroatoms. The van der Waals surface area contributed by atoms with Gasteiger partial charge in [-0.25, -0.2) is 9.59 Å². The van der Waals surface area contributed by atoms with Gasteiger partial charge >= 0.3 is 12.1 Å². The number of Topliss-reactive ketones (excluding diaryl/α,β-unsaturated/α-hetero) is 1. The monoisotopic (exact) mass is 365 g/mol. The van der Waals surface area contributed by atoms with Crippen molar-refractivity contribution in [3.63, 3.8) is 0 Å². The minimum Gasteiger partial charge on any atom is -0.480 e. The quantitative estimate of drug-likeness (QED) is 0.484. The number of carboxylic acids is 1. The number of rotatable bonds is 9. The van der Waals surface area contributed by atoms with Gasteiger partial charge in [0.1, 0.15) is 17.4 Å². The molecule has 0 aromatic rings. The number of amides is 1. The summed E-state index contributed by atoms with van der Waals surface area (Å²) in [5, 5.41) is 11.8. The molecule has 0 fully saturated rings. The van der Waals surface area contributed by atoms with Gasteiger partial charge in [-0.1, -0.05) is 28.8 Å². The molecule has 0 aliphatic rings. The SMILES string of the molecule is CC(C)(C)OC(=O)N[C@@H](CCCCCC(=O)CBr)C(=O)O. The maximum atomic E-state index is 11.5. The van der Waals surface area contributed by atoms with Crippen molar-refractivity contribution in [2.24, 2.45) is 0 Å². The largest absolute Gasteiger partial charge is 0.480 e. The van der Waals surface area contributed by atoms with E-state index in [1.165, 1.54) is 0 Å². The van der Waals surface area contributed by atoms with E-state index in [2.05, 4.69) is 21.2 Å². The lowest BCUT2D eigenvalue weighted by Gasteiger charge is -2.22. The highest BCUT2D eigenvalue weighted by Crippen LogP contribution is 2.10. The molecule has 0 aromatic heterocycles. The van der Waals surface area contributed by atoms with Gasteiger partial charge in [-0.2, -0.15) is 0 Å². The smallest absolute Gasteiger partial charge is 0.408 e. The van der Waals surface area contributed by atoms with Crippen LogP contribution < -0.4 is 5.32 Å². The van der Waals surface area contributed by atoms with Gasteiger partial charge in [-0.3, -0.25) is 4.79 Å². The van der Waals surface area contributed by atoms with Crippen LogP contribution in [0, 0.1) is 0 Å². The Labute approximate surface area is 133 Å². The first kappa shape index (κ1) is 19.9. The second-order valence-corrected chi connectivity index (χ2v) is 6.37. The third-order valence-electron chi connectivity index (χ3n) is 2.59. The number of carbonyl (C=O) groups excluding carboxylic acids is 2. The van der Waals surface area contributed by atoms with Gasteiger partial charge in [-0.15, -0.1) is 0 Å². The zero-order chi connectivity index (χ0) is 16.5. The Balaban J connectivity index is 4.06. The van der Waals surface area contributed by atoms with Crippen LogP contribution in [-0.2, 0) is 14.3 Å². The van der Waals surface area contributed by atoms with E-state index in [1.807, 2.05) is 0 Å². The number of ether oxygens (including phenoxy) is 1. The highest BCUT2D eigenvalue weighted by atomic mass is 79.9. The first-order chi connectivity index (χ1) is 9.65. The van der Waals surface area contributed by atoms with Crippen LogP contribution in [0.4, 0.5) is 4.79 Å². The summed E-state index contributed by atoms with van der Waals surface area (Å²) in [6.45, 7) is 5.13. The van der Waals surface area contributed by atoms with Crippen molar-refractivity contribution in [3.8, 4) is 0 Å². The van der Waals surface area contributed by atoms with E-state index >= 15 is 0 Å². The molecule has 2 N–H and O–H groups in total. The fourth-order valence-electron chi connectivity index (χ4n) is 1.62. The van der Waals surface area contributed by atoms with E-state index < -0.39 is 23.7 Å². The van der Waals surface area contributed by atoms with Crippen molar-refractivity contribution in [1.82, 2.24) is 5.32 Å². The standard InChI is InChI=1S/C14H24BrNO5/c1-14(2,3)21-13(20)16-11(12(18)19)8-6-4-5-7-10(17)9-15/h11H,4-9H2,1-3H3,(H,16,20)(H,18,19)/t11-/m0/s1. The first-order valence-corrected chi connectivity index (χ1v) is 8.08. The Kier molecular flexibility index (Phi) is 9.24. The maximum Gasteiger partial charge on any atom is 0.408 e. The molecular weight excluding hydrogens is 342 g/mol. The molecule has 0 saturated heterocycles. The van der Waals surface area contributed by atoms with Gasteiger partial charge in [0, 0.05) is 6.42 Å². The van der Waals surface area contributed by atoms with Crippen LogP contribution in [0.15, 0.2) is 0 Å². The average molecular weight is 366 g/mol. The number of alkyl halides is 1. The predicted molar refractivity (Wildman–Crippen MR) is 82.7 cm³/mol. The molecular formula is C14H24BrNO5. The summed E-state index contributed by atoms with van der Waals surface area (Å²) >= 11 is 3.09. The molecule has 0 bridgehead atoms. The van der Waals surface area contributed by atoms with E-state index in [-0.39, 0.29) is 5.78 Å². The van der Waals surface area contributed by atoms with Crippen LogP contribution in [0.25, 0.3) is 0 Å². The Hall–Kier alpha value is -1.11. The fraction of sp³-hybridized carbons (Fsp3) is 0.786. The normalized spacial score (nSPS) is 12.6. The van der Waals surface area contributed by atoms with Crippen molar-refractivity contribution in [2.45, 2.75) is 64.5 Å². The third-order valence-corrected chi connectivity index (χ3v) is 3.21. The van der Waals surface area contributed by atoms with Crippen LogP contribution in [-0.4, -0.2) is 39.9 Å². The highest BCUT2D eigenvalue weighted by molar-refractivity contribution is 9.09. The zero-order valence-electron chi connectivity index (χ0n) is 12.8. The van der Waals surface area contributed by atoms with Crippen LogP contribution in [0.1, 0.15) is 52.9 Å². The molecule has 0 saturated carbocycles. The van der Waals surface area contributed by atoms with Gasteiger partial charge in [0.2, 0.25) is 0 Å². The molecule has 0 aliphatic carbocycles. The van der Waals surface area contributed by atoms with Gasteiger partial charge in [0.25, 0.3) is 0 Å². The minimum atomic E-state index is -1.09. The molecule has 0 aromatic carbocycles. The molecule has 122 valence electrons. The summed E-state index contributed by atoms with van der Waals surface area (Å²) in [5.74, 6) is -0.950. The molecule has 0 rings (SSSR count). The molecule has 21 heavy (non-hydrogen) atoms. The fourth-order valence-corrected chi connectivity index (χ4v) is 1.90. The number of aliphatic carboxylic acids is 1. The van der Waals surface area contributed by atoms with E-state index in [0.29, 0.717) is 24.6 Å². The van der Waals surface area contributed by atoms with Gasteiger partial charge < -0.3 is 15.2 Å². The van der Waals surface area contributed by atoms with Crippen molar-refractivity contribution in [2.75, 3.05) is 5.33 Å². The summed E-state index contributed by atoms with van der Waals surface area (Å²) < 4.78 is 5.03. The number of hydrogen-bond acceptors (Lipinski definition) is 4. The third kappa shape index (κ3) is 11.2. The minimum absolute atomic E-state index is 0.136. The van der Waals surface area contributed by atoms with E-state index in [4.69, 9.17) is 9.84 Å². The predicted octanol–water partition coefficient (Wildman–Crippen LogP) is 2.88. The summed E-state index contributed by atoms with van der Waals surface area (Å²) in [6, 6.07) is -0.966. The summed E-state index contributed by atoms with van der Waals surface area (Å²) in [5.41, 5.74) is -0.664. The lowest BCUT2D eigenvalue weighted by atomic mass is 10.1. The number of hydrogen-bond donors (Lipinski definition) is 2. The van der Waals surface area contributed by atoms with Crippen molar-refractivity contribution < 1.29 is 24.2 Å². The molecule has 1 atom stereocenters.